The molecule has 3 rings (SSSR count). The van der Waals surface area contributed by atoms with Crippen LogP contribution in [0.2, 0.25) is 0 Å². The Hall–Kier alpha value is -2.73. The van der Waals surface area contributed by atoms with Crippen LogP contribution in [-0.4, -0.2) is 45.7 Å². The first kappa shape index (κ1) is 26.9. The predicted molar refractivity (Wildman–Crippen MR) is 129 cm³/mol. The topological polar surface area (TPSA) is 149 Å². The van der Waals surface area contributed by atoms with Gasteiger partial charge in [-0.15, -0.1) is 0 Å². The Balaban J connectivity index is 1.70. The van der Waals surface area contributed by atoms with E-state index in [1.54, 1.807) is 12.1 Å². The van der Waals surface area contributed by atoms with Crippen LogP contribution in [0.5, 0.6) is 5.75 Å². The lowest BCUT2D eigenvalue weighted by Crippen LogP contribution is -2.48. The molecule has 10 heteroatoms. The highest BCUT2D eigenvalue weighted by Gasteiger charge is 2.36. The van der Waals surface area contributed by atoms with Gasteiger partial charge in [0.1, 0.15) is 24.5 Å². The molecule has 2 unspecified atom stereocenters. The van der Waals surface area contributed by atoms with Crippen molar-refractivity contribution in [3.8, 4) is 11.8 Å². The highest BCUT2D eigenvalue weighted by atomic mass is 31.2. The Morgan fingerprint density at radius 3 is 2.71 bits per heavy atom. The molecule has 2 aromatic carbocycles. The van der Waals surface area contributed by atoms with E-state index in [2.05, 4.69) is 31.3 Å². The highest BCUT2D eigenvalue weighted by Crippen LogP contribution is 2.41. The van der Waals surface area contributed by atoms with Crippen molar-refractivity contribution in [1.29, 1.82) is 5.26 Å². The number of benzene rings is 2. The number of phosphoric ester groups is 1. The van der Waals surface area contributed by atoms with Crippen LogP contribution in [0.25, 0.3) is 0 Å². The standard InChI is InChI=1S/C25H31N2O7P/c1-25(2,22-11-10-18-5-3-4-6-21(18)22)27-15-20(34-35(30,31)32)16-33-23-13-17(8-12-24(28)29)7-9-19(23)14-26/h3-7,9,13,20,22,27H,8,10-12,15-16H2,1-2H3,(H,28,29)(H2,30,31,32). The number of carboxylic acids is 1. The molecule has 1 aliphatic rings. The van der Waals surface area contributed by atoms with E-state index in [9.17, 15) is 24.4 Å². The van der Waals surface area contributed by atoms with Crippen LogP contribution in [-0.2, 0) is 26.7 Å². The first-order valence-electron chi connectivity index (χ1n) is 11.4. The molecule has 35 heavy (non-hydrogen) atoms. The fraction of sp³-hybridized carbons (Fsp3) is 0.440. The molecule has 2 atom stereocenters. The molecule has 0 heterocycles. The lowest BCUT2D eigenvalue weighted by atomic mass is 9.83. The first-order chi connectivity index (χ1) is 16.5. The molecule has 0 saturated carbocycles. The van der Waals surface area contributed by atoms with E-state index in [4.69, 9.17) is 14.4 Å². The van der Waals surface area contributed by atoms with Gasteiger partial charge in [-0.05, 0) is 61.9 Å². The van der Waals surface area contributed by atoms with Crippen molar-refractivity contribution < 1.29 is 33.5 Å². The van der Waals surface area contributed by atoms with Gasteiger partial charge < -0.3 is 24.9 Å². The molecule has 0 bridgehead atoms. The molecular formula is C25H31N2O7P. The summed E-state index contributed by atoms with van der Waals surface area (Å²) in [6.07, 6.45) is 1.14. The molecule has 0 spiro atoms. The molecule has 0 radical (unpaired) electrons. The third kappa shape index (κ3) is 7.63. The van der Waals surface area contributed by atoms with Crippen LogP contribution in [0.4, 0.5) is 0 Å². The van der Waals surface area contributed by atoms with Gasteiger partial charge in [-0.2, -0.15) is 5.26 Å². The monoisotopic (exact) mass is 502 g/mol. The molecule has 0 aliphatic heterocycles. The van der Waals surface area contributed by atoms with Gasteiger partial charge in [-0.3, -0.25) is 9.32 Å². The number of carbonyl (C=O) groups is 1. The second kappa shape index (κ2) is 11.3. The summed E-state index contributed by atoms with van der Waals surface area (Å²) in [4.78, 5) is 29.7. The average Bonchev–Trinajstić information content (AvgIpc) is 3.24. The molecule has 0 saturated heterocycles. The fourth-order valence-electron chi connectivity index (χ4n) is 4.50. The summed E-state index contributed by atoms with van der Waals surface area (Å²) in [7, 11) is -4.80. The fourth-order valence-corrected chi connectivity index (χ4v) is 5.02. The van der Waals surface area contributed by atoms with Gasteiger partial charge in [-0.1, -0.05) is 30.3 Å². The van der Waals surface area contributed by atoms with Crippen molar-refractivity contribution in [1.82, 2.24) is 5.32 Å². The number of aliphatic carboxylic acids is 1. The smallest absolute Gasteiger partial charge is 0.470 e. The van der Waals surface area contributed by atoms with Crippen molar-refractivity contribution >= 4 is 13.8 Å². The number of nitrogens with zero attached hydrogens (tertiary/aromatic N) is 1. The third-order valence-electron chi connectivity index (χ3n) is 6.29. The second-order valence-corrected chi connectivity index (χ2v) is 10.4. The Morgan fingerprint density at radius 1 is 1.29 bits per heavy atom. The summed E-state index contributed by atoms with van der Waals surface area (Å²) in [6, 6.07) is 15.0. The number of nitrogens with one attached hydrogen (secondary N) is 1. The van der Waals surface area contributed by atoms with Gasteiger partial charge in [0.05, 0.1) is 5.56 Å². The Bertz CT molecular complexity index is 1140. The number of hydrogen-bond acceptors (Lipinski definition) is 6. The molecule has 0 aromatic heterocycles. The number of nitriles is 1. The van der Waals surface area contributed by atoms with Crippen molar-refractivity contribution in [2.75, 3.05) is 13.2 Å². The van der Waals surface area contributed by atoms with E-state index in [-0.39, 0.29) is 48.8 Å². The van der Waals surface area contributed by atoms with Crippen LogP contribution < -0.4 is 10.1 Å². The zero-order chi connectivity index (χ0) is 25.6. The molecule has 1 aliphatic carbocycles. The summed E-state index contributed by atoms with van der Waals surface area (Å²) in [5.74, 6) is -0.504. The normalized spacial score (nSPS) is 16.4. The van der Waals surface area contributed by atoms with Crippen molar-refractivity contribution in [2.24, 2.45) is 0 Å². The average molecular weight is 503 g/mol. The highest BCUT2D eigenvalue weighted by molar-refractivity contribution is 7.46. The molecule has 188 valence electrons. The predicted octanol–water partition coefficient (Wildman–Crippen LogP) is 3.53. The lowest BCUT2D eigenvalue weighted by Gasteiger charge is -2.35. The number of fused-ring (bicyclic) bond motifs is 1. The van der Waals surface area contributed by atoms with Crippen LogP contribution in [0.3, 0.4) is 0 Å². The van der Waals surface area contributed by atoms with Gasteiger partial charge in [0.15, 0.2) is 0 Å². The SMILES string of the molecule is CC(C)(NCC(COc1cc(CCC(=O)O)ccc1C#N)OP(=O)(O)O)C1CCc2ccccc21. The number of ether oxygens (including phenoxy) is 1. The first-order valence-corrected chi connectivity index (χ1v) is 13.0. The molecule has 0 fully saturated rings. The van der Waals surface area contributed by atoms with E-state index in [1.807, 2.05) is 18.2 Å². The second-order valence-electron chi connectivity index (χ2n) is 9.26. The minimum absolute atomic E-state index is 0.0709. The zero-order valence-electron chi connectivity index (χ0n) is 19.8. The van der Waals surface area contributed by atoms with Gasteiger partial charge in [-0.25, -0.2) is 4.57 Å². The van der Waals surface area contributed by atoms with Crippen molar-refractivity contribution in [2.45, 2.75) is 57.1 Å². The quantitative estimate of drug-likeness (QED) is 0.320. The number of aryl methyl sites for hydroxylation is 2. The zero-order valence-corrected chi connectivity index (χ0v) is 20.7. The molecular weight excluding hydrogens is 471 g/mol. The minimum atomic E-state index is -4.80. The van der Waals surface area contributed by atoms with Crippen LogP contribution in [0, 0.1) is 11.3 Å². The van der Waals surface area contributed by atoms with Crippen LogP contribution in [0.15, 0.2) is 42.5 Å². The van der Waals surface area contributed by atoms with Gasteiger partial charge >= 0.3 is 13.8 Å². The largest absolute Gasteiger partial charge is 0.489 e. The lowest BCUT2D eigenvalue weighted by molar-refractivity contribution is -0.136. The van der Waals surface area contributed by atoms with Crippen molar-refractivity contribution in [3.05, 3.63) is 64.7 Å². The maximum Gasteiger partial charge on any atom is 0.470 e. The van der Waals surface area contributed by atoms with Crippen molar-refractivity contribution in [3.63, 3.8) is 0 Å². The number of hydrogen-bond donors (Lipinski definition) is 4. The Morgan fingerprint density at radius 2 is 2.03 bits per heavy atom. The number of carboxylic acid groups (broad SMARTS) is 1. The van der Waals surface area contributed by atoms with E-state index in [0.29, 0.717) is 5.56 Å². The molecule has 2 aromatic rings. The maximum atomic E-state index is 11.6. The van der Waals surface area contributed by atoms with E-state index >= 15 is 0 Å². The van der Waals surface area contributed by atoms with E-state index in [1.165, 1.54) is 17.2 Å². The Labute approximate surface area is 204 Å². The van der Waals surface area contributed by atoms with Crippen LogP contribution in [0.1, 0.15) is 54.9 Å². The van der Waals surface area contributed by atoms with Gasteiger partial charge in [0.25, 0.3) is 0 Å². The summed E-state index contributed by atoms with van der Waals surface area (Å²) < 4.78 is 22.3. The molecule has 4 N–H and O–H groups in total. The van der Waals surface area contributed by atoms with Gasteiger partial charge in [0, 0.05) is 24.4 Å². The molecule has 9 nitrogen and oxygen atoms in total. The summed E-state index contributed by atoms with van der Waals surface area (Å²) in [5.41, 5.74) is 3.11. The Kier molecular flexibility index (Phi) is 8.70. The molecule has 0 amide bonds. The third-order valence-corrected chi connectivity index (χ3v) is 6.87. The summed E-state index contributed by atoms with van der Waals surface area (Å²) >= 11 is 0. The van der Waals surface area contributed by atoms with Gasteiger partial charge in [0.2, 0.25) is 0 Å². The number of phosphoric acid groups is 1. The van der Waals surface area contributed by atoms with Crippen LogP contribution >= 0.6 is 7.82 Å². The van der Waals surface area contributed by atoms with E-state index in [0.717, 1.165) is 12.8 Å². The number of rotatable bonds is 12. The maximum absolute atomic E-state index is 11.6. The summed E-state index contributed by atoms with van der Waals surface area (Å²) in [6.45, 7) is 3.99. The van der Waals surface area contributed by atoms with E-state index < -0.39 is 19.9 Å². The summed E-state index contributed by atoms with van der Waals surface area (Å²) in [5, 5.41) is 21.7. The minimum Gasteiger partial charge on any atom is -0.489 e.